The van der Waals surface area contributed by atoms with Crippen LogP contribution in [-0.4, -0.2) is 74.9 Å². The second-order valence-corrected chi connectivity index (χ2v) is 18.9. The minimum absolute atomic E-state index is 0.0302. The Labute approximate surface area is 380 Å². The molecule has 0 saturated carbocycles. The van der Waals surface area contributed by atoms with Crippen LogP contribution in [0.25, 0.3) is 0 Å². The largest absolute Gasteiger partial charge is 0.472 e. The van der Waals surface area contributed by atoms with Crippen LogP contribution in [-0.2, 0) is 32.7 Å². The predicted molar refractivity (Wildman–Crippen MR) is 261 cm³/mol. The standard InChI is InChI=1S/C52H92NO8P/c1-6-8-10-12-13-14-15-16-17-18-19-20-21-22-23-24-25-26-27-28-29-30-31-32-33-34-35-36-37-38-39-41-43-45-52(55)61-50(48-58-51(54)44-42-40-11-9-7-2)49-60-62(56,57)59-47-46-53(3,4)5/h8,10,13-14,16-17,19-20,22-23,25-26,50H,6-7,9,11-12,15,18,21,24,27-49H2,1-5H3/p+1/b10-8-,14-13-,17-16-,20-19-,23-22-,26-25-. The van der Waals surface area contributed by atoms with E-state index in [0.29, 0.717) is 17.4 Å². The van der Waals surface area contributed by atoms with Crippen LogP contribution in [0.15, 0.2) is 72.9 Å². The smallest absolute Gasteiger partial charge is 0.462 e. The van der Waals surface area contributed by atoms with Gasteiger partial charge in [0.25, 0.3) is 0 Å². The van der Waals surface area contributed by atoms with Crippen molar-refractivity contribution in [3.05, 3.63) is 72.9 Å². The number of phosphoric ester groups is 1. The number of phosphoric acid groups is 1. The van der Waals surface area contributed by atoms with Gasteiger partial charge in [-0.1, -0.05) is 189 Å². The molecule has 0 spiro atoms. The van der Waals surface area contributed by atoms with Crippen molar-refractivity contribution in [2.75, 3.05) is 47.5 Å². The summed E-state index contributed by atoms with van der Waals surface area (Å²) in [6.07, 6.45) is 55.9. The molecule has 62 heavy (non-hydrogen) atoms. The number of quaternary nitrogens is 1. The first-order valence-electron chi connectivity index (χ1n) is 24.7. The molecule has 358 valence electrons. The van der Waals surface area contributed by atoms with Crippen molar-refractivity contribution in [1.29, 1.82) is 0 Å². The molecule has 2 unspecified atom stereocenters. The molecule has 2 atom stereocenters. The maximum atomic E-state index is 12.7. The van der Waals surface area contributed by atoms with Crippen LogP contribution >= 0.6 is 7.82 Å². The normalized spacial score (nSPS) is 14.1. The number of carbonyl (C=O) groups excluding carboxylic acids is 2. The number of likely N-dealkylation sites (N-methyl/N-ethyl adjacent to an activating group) is 1. The van der Waals surface area contributed by atoms with Gasteiger partial charge in [-0.15, -0.1) is 0 Å². The summed E-state index contributed by atoms with van der Waals surface area (Å²) in [5.74, 6) is -0.814. The lowest BCUT2D eigenvalue weighted by Gasteiger charge is -2.24. The fraction of sp³-hybridized carbons (Fsp3) is 0.731. The molecule has 0 fully saturated rings. The summed E-state index contributed by atoms with van der Waals surface area (Å²) < 4.78 is 34.1. The van der Waals surface area contributed by atoms with Crippen molar-refractivity contribution in [3.8, 4) is 0 Å². The van der Waals surface area contributed by atoms with E-state index in [1.54, 1.807) is 0 Å². The molecule has 0 aromatic rings. The molecule has 9 nitrogen and oxygen atoms in total. The predicted octanol–water partition coefficient (Wildman–Crippen LogP) is 14.6. The van der Waals surface area contributed by atoms with Gasteiger partial charge in [0.15, 0.2) is 6.10 Å². The Kier molecular flexibility index (Phi) is 41.9. The minimum Gasteiger partial charge on any atom is -0.462 e. The molecule has 0 aliphatic heterocycles. The van der Waals surface area contributed by atoms with Gasteiger partial charge in [0.05, 0.1) is 27.7 Å². The van der Waals surface area contributed by atoms with Gasteiger partial charge in [-0.3, -0.25) is 18.6 Å². The average Bonchev–Trinajstić information content (AvgIpc) is 3.22. The highest BCUT2D eigenvalue weighted by atomic mass is 31.2. The first-order chi connectivity index (χ1) is 30.0. The Morgan fingerprint density at radius 3 is 1.37 bits per heavy atom. The van der Waals surface area contributed by atoms with E-state index in [9.17, 15) is 19.0 Å². The number of carbonyl (C=O) groups is 2. The van der Waals surface area contributed by atoms with Crippen molar-refractivity contribution >= 4 is 19.8 Å². The van der Waals surface area contributed by atoms with E-state index in [-0.39, 0.29) is 32.0 Å². The van der Waals surface area contributed by atoms with Gasteiger partial charge in [-0.05, 0) is 64.2 Å². The number of hydrogen-bond donors (Lipinski definition) is 1. The van der Waals surface area contributed by atoms with E-state index >= 15 is 0 Å². The molecular weight excluding hydrogens is 798 g/mol. The van der Waals surface area contributed by atoms with E-state index < -0.39 is 26.5 Å². The molecular formula is C52H93NO8P+. The van der Waals surface area contributed by atoms with Gasteiger partial charge in [0.2, 0.25) is 0 Å². The zero-order valence-electron chi connectivity index (χ0n) is 40.3. The summed E-state index contributed by atoms with van der Waals surface area (Å²) in [4.78, 5) is 35.1. The number of rotatable bonds is 44. The Bertz CT molecular complexity index is 1280. The molecule has 1 N–H and O–H groups in total. The molecule has 0 aliphatic rings. The number of ether oxygens (including phenoxy) is 2. The lowest BCUT2D eigenvalue weighted by atomic mass is 10.0. The van der Waals surface area contributed by atoms with Crippen LogP contribution < -0.4 is 0 Å². The van der Waals surface area contributed by atoms with Crippen LogP contribution in [0.2, 0.25) is 0 Å². The maximum absolute atomic E-state index is 12.7. The van der Waals surface area contributed by atoms with Crippen molar-refractivity contribution in [2.24, 2.45) is 0 Å². The van der Waals surface area contributed by atoms with Gasteiger partial charge < -0.3 is 18.9 Å². The third kappa shape index (κ3) is 46.9. The molecule has 0 bridgehead atoms. The molecule has 0 heterocycles. The molecule has 0 saturated heterocycles. The van der Waals surface area contributed by atoms with Gasteiger partial charge in [-0.2, -0.15) is 0 Å². The van der Waals surface area contributed by atoms with Crippen LogP contribution in [0, 0.1) is 0 Å². The molecule has 0 rings (SSSR count). The zero-order valence-corrected chi connectivity index (χ0v) is 41.2. The van der Waals surface area contributed by atoms with Gasteiger partial charge in [0, 0.05) is 12.8 Å². The van der Waals surface area contributed by atoms with Gasteiger partial charge in [0.1, 0.15) is 19.8 Å². The minimum atomic E-state index is -4.37. The number of nitrogens with zero attached hydrogens (tertiary/aromatic N) is 1. The Morgan fingerprint density at radius 1 is 0.516 bits per heavy atom. The van der Waals surface area contributed by atoms with E-state index in [1.807, 2.05) is 21.1 Å². The zero-order chi connectivity index (χ0) is 45.7. The first-order valence-corrected chi connectivity index (χ1v) is 26.2. The van der Waals surface area contributed by atoms with Crippen molar-refractivity contribution < 1.29 is 42.1 Å². The summed E-state index contributed by atoms with van der Waals surface area (Å²) in [7, 11) is 1.47. The summed E-state index contributed by atoms with van der Waals surface area (Å²) in [6.45, 7) is 4.21. The van der Waals surface area contributed by atoms with E-state index in [2.05, 4.69) is 86.8 Å². The Balaban J connectivity index is 3.94. The molecule has 0 aliphatic carbocycles. The Hall–Kier alpha value is -2.55. The monoisotopic (exact) mass is 891 g/mol. The van der Waals surface area contributed by atoms with Crippen LogP contribution in [0.4, 0.5) is 0 Å². The van der Waals surface area contributed by atoms with Crippen LogP contribution in [0.1, 0.15) is 194 Å². The highest BCUT2D eigenvalue weighted by Crippen LogP contribution is 2.43. The van der Waals surface area contributed by atoms with Gasteiger partial charge in [-0.25, -0.2) is 4.57 Å². The number of unbranched alkanes of at least 4 members (excludes halogenated alkanes) is 18. The lowest BCUT2D eigenvalue weighted by Crippen LogP contribution is -2.37. The summed E-state index contributed by atoms with van der Waals surface area (Å²) in [5.41, 5.74) is 0. The number of allylic oxidation sites excluding steroid dienone is 12. The van der Waals surface area contributed by atoms with Gasteiger partial charge >= 0.3 is 19.8 Å². The first kappa shape index (κ1) is 59.5. The fourth-order valence-corrected chi connectivity index (χ4v) is 7.17. The molecule has 0 aromatic heterocycles. The maximum Gasteiger partial charge on any atom is 0.472 e. The van der Waals surface area contributed by atoms with Crippen LogP contribution in [0.5, 0.6) is 0 Å². The third-order valence-corrected chi connectivity index (χ3v) is 11.2. The van der Waals surface area contributed by atoms with Crippen molar-refractivity contribution in [2.45, 2.75) is 200 Å². The van der Waals surface area contributed by atoms with Crippen LogP contribution in [0.3, 0.4) is 0 Å². The fourth-order valence-electron chi connectivity index (χ4n) is 6.43. The second-order valence-electron chi connectivity index (χ2n) is 17.5. The third-order valence-electron chi connectivity index (χ3n) is 10.3. The van der Waals surface area contributed by atoms with E-state index in [0.717, 1.165) is 89.9 Å². The summed E-state index contributed by atoms with van der Waals surface area (Å²) in [6, 6.07) is 0. The van der Waals surface area contributed by atoms with E-state index in [1.165, 1.54) is 70.6 Å². The molecule has 0 amide bonds. The number of esters is 2. The highest BCUT2D eigenvalue weighted by Gasteiger charge is 2.27. The Morgan fingerprint density at radius 2 is 0.919 bits per heavy atom. The topological polar surface area (TPSA) is 108 Å². The second kappa shape index (κ2) is 43.7. The van der Waals surface area contributed by atoms with E-state index in [4.69, 9.17) is 18.5 Å². The average molecular weight is 891 g/mol. The van der Waals surface area contributed by atoms with Crippen molar-refractivity contribution in [1.82, 2.24) is 0 Å². The molecule has 0 radical (unpaired) electrons. The highest BCUT2D eigenvalue weighted by molar-refractivity contribution is 7.47. The summed E-state index contributed by atoms with van der Waals surface area (Å²) in [5, 5.41) is 0. The quantitative estimate of drug-likeness (QED) is 0.0212. The molecule has 10 heteroatoms. The lowest BCUT2D eigenvalue weighted by molar-refractivity contribution is -0.870. The summed E-state index contributed by atoms with van der Waals surface area (Å²) >= 11 is 0. The van der Waals surface area contributed by atoms with Crippen molar-refractivity contribution in [3.63, 3.8) is 0 Å². The SMILES string of the molecule is CC/C=C\C/C=C\C/C=C\C/C=C\C/C=C\C/C=C\CCCCCCCCCCCCCCCCC(=O)OC(COC(=O)CCCCCCC)COP(=O)(O)OCC[N+](C)(C)C. The number of hydrogen-bond acceptors (Lipinski definition) is 7. The molecule has 0 aromatic carbocycles.